The normalized spacial score (nSPS) is 22.8. The number of carbonyl (C=O) groups is 2. The number of primary amides is 1. The van der Waals surface area contributed by atoms with E-state index < -0.39 is 0 Å². The fourth-order valence-electron chi connectivity index (χ4n) is 2.32. The third-order valence-electron chi connectivity index (χ3n) is 3.41. The summed E-state index contributed by atoms with van der Waals surface area (Å²) in [5.74, 6) is -0.538. The highest BCUT2D eigenvalue weighted by molar-refractivity contribution is 6.29. The maximum absolute atomic E-state index is 12.0. The van der Waals surface area contributed by atoms with Crippen molar-refractivity contribution >= 4 is 23.4 Å². The minimum Gasteiger partial charge on any atom is -0.369 e. The molecule has 0 atom stereocenters. The molecular formula is C13H16ClN3O2. The Morgan fingerprint density at radius 1 is 1.26 bits per heavy atom. The van der Waals surface area contributed by atoms with Crippen LogP contribution in [0.1, 0.15) is 36.2 Å². The minimum absolute atomic E-state index is 0.0579. The highest BCUT2D eigenvalue weighted by Gasteiger charge is 2.25. The summed E-state index contributed by atoms with van der Waals surface area (Å²) in [7, 11) is 0. The Kier molecular flexibility index (Phi) is 4.37. The molecule has 0 aliphatic heterocycles. The maximum atomic E-state index is 12.0. The first-order valence-corrected chi connectivity index (χ1v) is 6.67. The molecule has 0 aromatic carbocycles. The van der Waals surface area contributed by atoms with E-state index in [4.69, 9.17) is 17.3 Å². The van der Waals surface area contributed by atoms with E-state index in [-0.39, 0.29) is 23.8 Å². The van der Waals surface area contributed by atoms with Gasteiger partial charge in [-0.25, -0.2) is 4.98 Å². The standard InChI is InChI=1S/C13H16ClN3O2/c14-11-3-1-2-10(17-11)13(19)16-9-6-4-8(5-7-9)12(15)18/h1-3,8-9H,4-7H2,(H2,15,18)(H,16,19). The van der Waals surface area contributed by atoms with Crippen LogP contribution >= 0.6 is 11.6 Å². The molecule has 1 aromatic rings. The summed E-state index contributed by atoms with van der Waals surface area (Å²) in [6, 6.07) is 5.00. The molecule has 0 radical (unpaired) electrons. The number of hydrogen-bond donors (Lipinski definition) is 2. The summed E-state index contributed by atoms with van der Waals surface area (Å²) in [4.78, 5) is 27.0. The quantitative estimate of drug-likeness (QED) is 0.824. The minimum atomic E-state index is -0.249. The van der Waals surface area contributed by atoms with Gasteiger partial charge in [0.15, 0.2) is 0 Å². The number of nitrogens with zero attached hydrogens (tertiary/aromatic N) is 1. The summed E-state index contributed by atoms with van der Waals surface area (Å²) in [6.45, 7) is 0. The van der Waals surface area contributed by atoms with Crippen molar-refractivity contribution in [3.8, 4) is 0 Å². The molecule has 6 heteroatoms. The predicted octanol–water partition coefficient (Wildman–Crippen LogP) is 1.51. The highest BCUT2D eigenvalue weighted by Crippen LogP contribution is 2.24. The molecule has 2 rings (SSSR count). The molecule has 5 nitrogen and oxygen atoms in total. The number of nitrogens with two attached hydrogens (primary N) is 1. The molecule has 3 N–H and O–H groups in total. The second-order valence-corrected chi connectivity index (χ2v) is 5.16. The molecule has 102 valence electrons. The van der Waals surface area contributed by atoms with Crippen LogP contribution in [-0.2, 0) is 4.79 Å². The van der Waals surface area contributed by atoms with Gasteiger partial charge in [0.25, 0.3) is 5.91 Å². The van der Waals surface area contributed by atoms with E-state index in [1.807, 2.05) is 0 Å². The van der Waals surface area contributed by atoms with E-state index in [1.165, 1.54) is 0 Å². The van der Waals surface area contributed by atoms with E-state index in [0.717, 1.165) is 25.7 Å². The number of aromatic nitrogens is 1. The Labute approximate surface area is 116 Å². The van der Waals surface area contributed by atoms with Gasteiger partial charge in [0.05, 0.1) is 0 Å². The Morgan fingerprint density at radius 2 is 1.95 bits per heavy atom. The first-order chi connectivity index (χ1) is 9.06. The van der Waals surface area contributed by atoms with Crippen molar-refractivity contribution in [3.05, 3.63) is 29.0 Å². The SMILES string of the molecule is NC(=O)C1CCC(NC(=O)c2cccc(Cl)n2)CC1. The van der Waals surface area contributed by atoms with E-state index in [2.05, 4.69) is 10.3 Å². The molecule has 1 aliphatic carbocycles. The lowest BCUT2D eigenvalue weighted by molar-refractivity contribution is -0.122. The van der Waals surface area contributed by atoms with Gasteiger partial charge in [-0.15, -0.1) is 0 Å². The van der Waals surface area contributed by atoms with Crippen molar-refractivity contribution in [2.45, 2.75) is 31.7 Å². The largest absolute Gasteiger partial charge is 0.369 e. The van der Waals surface area contributed by atoms with Crippen LogP contribution < -0.4 is 11.1 Å². The van der Waals surface area contributed by atoms with Crippen LogP contribution in [-0.4, -0.2) is 22.8 Å². The lowest BCUT2D eigenvalue weighted by Gasteiger charge is -2.27. The summed E-state index contributed by atoms with van der Waals surface area (Å²) in [6.07, 6.45) is 2.98. The second-order valence-electron chi connectivity index (χ2n) is 4.77. The summed E-state index contributed by atoms with van der Waals surface area (Å²) in [5.41, 5.74) is 5.58. The topological polar surface area (TPSA) is 85.1 Å². The monoisotopic (exact) mass is 281 g/mol. The number of halogens is 1. The predicted molar refractivity (Wildman–Crippen MR) is 71.7 cm³/mol. The lowest BCUT2D eigenvalue weighted by Crippen LogP contribution is -2.40. The first kappa shape index (κ1) is 13.8. The van der Waals surface area contributed by atoms with E-state index >= 15 is 0 Å². The number of nitrogens with one attached hydrogen (secondary N) is 1. The van der Waals surface area contributed by atoms with Crippen molar-refractivity contribution in [3.63, 3.8) is 0 Å². The van der Waals surface area contributed by atoms with Gasteiger partial charge >= 0.3 is 0 Å². The molecule has 19 heavy (non-hydrogen) atoms. The van der Waals surface area contributed by atoms with Gasteiger partial charge in [-0.3, -0.25) is 9.59 Å². The van der Waals surface area contributed by atoms with Crippen LogP contribution in [0.2, 0.25) is 5.15 Å². The fraction of sp³-hybridized carbons (Fsp3) is 0.462. The van der Waals surface area contributed by atoms with Crippen molar-refractivity contribution < 1.29 is 9.59 Å². The van der Waals surface area contributed by atoms with Crippen molar-refractivity contribution in [2.75, 3.05) is 0 Å². The van der Waals surface area contributed by atoms with Crippen molar-refractivity contribution in [1.82, 2.24) is 10.3 Å². The molecule has 0 unspecified atom stereocenters. The zero-order chi connectivity index (χ0) is 13.8. The zero-order valence-corrected chi connectivity index (χ0v) is 11.2. The van der Waals surface area contributed by atoms with Gasteiger partial charge < -0.3 is 11.1 Å². The maximum Gasteiger partial charge on any atom is 0.270 e. The molecule has 1 saturated carbocycles. The molecule has 1 heterocycles. The fourth-order valence-corrected chi connectivity index (χ4v) is 2.48. The van der Waals surface area contributed by atoms with Crippen LogP contribution in [0.4, 0.5) is 0 Å². The molecule has 1 aliphatic rings. The van der Waals surface area contributed by atoms with Gasteiger partial charge in [-0.05, 0) is 37.8 Å². The third kappa shape index (κ3) is 3.67. The van der Waals surface area contributed by atoms with Gasteiger partial charge in [-0.1, -0.05) is 17.7 Å². The van der Waals surface area contributed by atoms with Crippen molar-refractivity contribution in [2.24, 2.45) is 11.7 Å². The summed E-state index contributed by atoms with van der Waals surface area (Å²) < 4.78 is 0. The van der Waals surface area contributed by atoms with E-state index in [0.29, 0.717) is 10.8 Å². The van der Waals surface area contributed by atoms with E-state index in [9.17, 15) is 9.59 Å². The number of pyridine rings is 1. The average molecular weight is 282 g/mol. The van der Waals surface area contributed by atoms with E-state index in [1.54, 1.807) is 18.2 Å². The Bertz CT molecular complexity index is 485. The summed E-state index contributed by atoms with van der Waals surface area (Å²) >= 11 is 5.74. The molecule has 1 aromatic heterocycles. The Balaban J connectivity index is 1.89. The van der Waals surface area contributed by atoms with Crippen LogP contribution in [0.15, 0.2) is 18.2 Å². The van der Waals surface area contributed by atoms with Crippen LogP contribution in [0.3, 0.4) is 0 Å². The molecule has 2 amide bonds. The number of rotatable bonds is 3. The molecule has 0 saturated heterocycles. The smallest absolute Gasteiger partial charge is 0.270 e. The number of hydrogen-bond acceptors (Lipinski definition) is 3. The molecule has 0 spiro atoms. The first-order valence-electron chi connectivity index (χ1n) is 6.29. The second kappa shape index (κ2) is 6.02. The Hall–Kier alpha value is -1.62. The average Bonchev–Trinajstić information content (AvgIpc) is 2.39. The summed E-state index contributed by atoms with van der Waals surface area (Å²) in [5, 5.41) is 3.21. The van der Waals surface area contributed by atoms with Gasteiger partial charge in [0.2, 0.25) is 5.91 Å². The molecule has 1 fully saturated rings. The Morgan fingerprint density at radius 3 is 2.53 bits per heavy atom. The van der Waals surface area contributed by atoms with Crippen LogP contribution in [0, 0.1) is 5.92 Å². The van der Waals surface area contributed by atoms with Gasteiger partial charge in [0, 0.05) is 12.0 Å². The highest BCUT2D eigenvalue weighted by atomic mass is 35.5. The van der Waals surface area contributed by atoms with Crippen LogP contribution in [0.5, 0.6) is 0 Å². The van der Waals surface area contributed by atoms with Crippen molar-refractivity contribution in [1.29, 1.82) is 0 Å². The number of amides is 2. The number of carbonyl (C=O) groups excluding carboxylic acids is 2. The van der Waals surface area contributed by atoms with Crippen LogP contribution in [0.25, 0.3) is 0 Å². The van der Waals surface area contributed by atoms with Gasteiger partial charge in [-0.2, -0.15) is 0 Å². The van der Waals surface area contributed by atoms with Gasteiger partial charge in [0.1, 0.15) is 10.8 Å². The molecule has 0 bridgehead atoms. The third-order valence-corrected chi connectivity index (χ3v) is 3.62. The lowest BCUT2D eigenvalue weighted by atomic mass is 9.85. The molecular weight excluding hydrogens is 266 g/mol. The zero-order valence-electron chi connectivity index (χ0n) is 10.4.